The molecule has 0 radical (unpaired) electrons. The molecule has 1 heteroatoms. The third-order valence-corrected chi connectivity index (χ3v) is 10.7. The van der Waals surface area contributed by atoms with E-state index in [0.717, 1.165) is 17.8 Å². The molecule has 0 amide bonds. The van der Waals surface area contributed by atoms with Gasteiger partial charge in [-0.3, -0.25) is 0 Å². The fourth-order valence-corrected chi connectivity index (χ4v) is 7.93. The first kappa shape index (κ1) is 39.6. The number of rotatable bonds is 8. The first-order valence-electron chi connectivity index (χ1n) is 19.4. The van der Waals surface area contributed by atoms with Gasteiger partial charge in [-0.15, -0.1) is 0 Å². The van der Waals surface area contributed by atoms with E-state index in [1.807, 2.05) is 59.7 Å². The lowest BCUT2D eigenvalue weighted by Gasteiger charge is -2.39. The van der Waals surface area contributed by atoms with E-state index in [1.54, 1.807) is 16.8 Å². The Labute approximate surface area is 286 Å². The van der Waals surface area contributed by atoms with E-state index in [0.29, 0.717) is 11.5 Å². The Bertz CT molecular complexity index is 1210. The van der Waals surface area contributed by atoms with E-state index in [9.17, 15) is 0 Å². The minimum atomic E-state index is 0.299. The fourth-order valence-electron chi connectivity index (χ4n) is 7.93. The van der Waals surface area contributed by atoms with E-state index in [2.05, 4.69) is 94.2 Å². The zero-order chi connectivity index (χ0) is 34.1. The van der Waals surface area contributed by atoms with Crippen LogP contribution in [0, 0.1) is 31.1 Å². The van der Waals surface area contributed by atoms with Gasteiger partial charge < -0.3 is 4.90 Å². The van der Waals surface area contributed by atoms with Crippen molar-refractivity contribution in [3.63, 3.8) is 0 Å². The Hall–Kier alpha value is -2.54. The van der Waals surface area contributed by atoms with Crippen molar-refractivity contribution >= 4 is 6.08 Å². The highest BCUT2D eigenvalue weighted by Crippen LogP contribution is 2.53. The highest BCUT2D eigenvalue weighted by molar-refractivity contribution is 5.55. The maximum Gasteiger partial charge on any atom is 0.0570 e. The van der Waals surface area contributed by atoms with Crippen LogP contribution in [0.15, 0.2) is 78.0 Å². The van der Waals surface area contributed by atoms with Gasteiger partial charge in [-0.2, -0.15) is 0 Å². The molecule has 3 atom stereocenters. The van der Waals surface area contributed by atoms with Crippen molar-refractivity contribution in [3.05, 3.63) is 100 Å². The molecule has 0 N–H and O–H groups in total. The molecular weight excluding hydrogens is 555 g/mol. The Morgan fingerprint density at radius 2 is 1.52 bits per heavy atom. The number of benzene rings is 2. The van der Waals surface area contributed by atoms with Crippen LogP contribution in [-0.2, 0) is 0 Å². The summed E-state index contributed by atoms with van der Waals surface area (Å²) in [5.74, 6) is 2.56. The number of hydrogen-bond acceptors (Lipinski definition) is 1. The zero-order valence-electron chi connectivity index (χ0n) is 32.0. The van der Waals surface area contributed by atoms with E-state index in [-0.39, 0.29) is 0 Å². The fraction of sp³-hybridized carbons (Fsp3) is 0.600. The predicted octanol–water partition coefficient (Wildman–Crippen LogP) is 13.9. The molecule has 256 valence electrons. The van der Waals surface area contributed by atoms with Gasteiger partial charge in [0.1, 0.15) is 0 Å². The molecule has 3 unspecified atom stereocenters. The maximum atomic E-state index is 2.81. The summed E-state index contributed by atoms with van der Waals surface area (Å²) in [4.78, 5) is 2.81. The van der Waals surface area contributed by atoms with Crippen molar-refractivity contribution in [2.75, 3.05) is 6.54 Å². The van der Waals surface area contributed by atoms with Gasteiger partial charge in [-0.25, -0.2) is 0 Å². The molecule has 6 rings (SSSR count). The third-order valence-electron chi connectivity index (χ3n) is 10.7. The van der Waals surface area contributed by atoms with Crippen molar-refractivity contribution in [3.8, 4) is 0 Å². The van der Waals surface area contributed by atoms with Crippen LogP contribution in [-0.4, -0.2) is 17.5 Å². The Balaban J connectivity index is 0.000000485. The first-order valence-corrected chi connectivity index (χ1v) is 19.4. The SMILES string of the molecule is CC.CC.CC.CCC1(CC)C2=C(C=CCC2)N(CCC2CC2)C1/C=C/c1ccc(C)c(C2CCCC2C)c1.Cc1ccccc1. The van der Waals surface area contributed by atoms with Gasteiger partial charge in [0.25, 0.3) is 0 Å². The predicted molar refractivity (Wildman–Crippen MR) is 207 cm³/mol. The van der Waals surface area contributed by atoms with Gasteiger partial charge in [0.2, 0.25) is 0 Å². The zero-order valence-corrected chi connectivity index (χ0v) is 32.0. The molecule has 1 heterocycles. The van der Waals surface area contributed by atoms with Crippen LogP contribution >= 0.6 is 0 Å². The molecule has 4 aliphatic rings. The standard InChI is InChI=1S/C32H45N.C7H8.3C2H6/c1-5-32(6-2)29-12-7-8-13-30(29)33(21-20-25-16-17-25)31(32)19-18-26-15-14-24(4)28(22-26)27-11-9-10-23(27)3;1-7-5-3-2-4-6-7;3*1-2/h8,13-15,18-19,22-23,25,27,31H,5-7,9-12,16-17,20-21H2,1-4H3;2-6H,1H3;3*1-2H3/b19-18+;;;;. The minimum Gasteiger partial charge on any atom is -0.364 e. The van der Waals surface area contributed by atoms with E-state index in [1.165, 1.54) is 87.4 Å². The van der Waals surface area contributed by atoms with Crippen molar-refractivity contribution in [1.29, 1.82) is 0 Å². The van der Waals surface area contributed by atoms with Crippen LogP contribution in [0.5, 0.6) is 0 Å². The quantitative estimate of drug-likeness (QED) is 0.282. The average molecular weight is 626 g/mol. The summed E-state index contributed by atoms with van der Waals surface area (Å²) in [5.41, 5.74) is 9.44. The van der Waals surface area contributed by atoms with E-state index >= 15 is 0 Å². The molecule has 1 nitrogen and oxygen atoms in total. The molecule has 2 fully saturated rings. The number of hydrogen-bond donors (Lipinski definition) is 0. The number of nitrogens with zero attached hydrogens (tertiary/aromatic N) is 1. The van der Waals surface area contributed by atoms with Crippen LogP contribution in [0.1, 0.15) is 155 Å². The summed E-state index contributed by atoms with van der Waals surface area (Å²) in [6.07, 6.45) is 23.3. The Morgan fingerprint density at radius 1 is 0.848 bits per heavy atom. The molecule has 2 aromatic rings. The lowest BCUT2D eigenvalue weighted by Crippen LogP contribution is -2.40. The molecule has 3 aliphatic carbocycles. The third kappa shape index (κ3) is 9.98. The average Bonchev–Trinajstić information content (AvgIpc) is 3.79. The lowest BCUT2D eigenvalue weighted by atomic mass is 9.69. The summed E-state index contributed by atoms with van der Waals surface area (Å²) >= 11 is 0. The van der Waals surface area contributed by atoms with Crippen LogP contribution < -0.4 is 0 Å². The van der Waals surface area contributed by atoms with Crippen molar-refractivity contribution in [2.24, 2.45) is 17.3 Å². The molecular formula is C45H71N. The largest absolute Gasteiger partial charge is 0.364 e. The summed E-state index contributed by atoms with van der Waals surface area (Å²) in [5, 5.41) is 0. The molecule has 0 spiro atoms. The summed E-state index contributed by atoms with van der Waals surface area (Å²) in [6, 6.07) is 18.0. The van der Waals surface area contributed by atoms with E-state index in [4.69, 9.17) is 0 Å². The summed E-state index contributed by atoms with van der Waals surface area (Å²) in [6.45, 7) is 24.9. The van der Waals surface area contributed by atoms with Crippen LogP contribution in [0.4, 0.5) is 0 Å². The lowest BCUT2D eigenvalue weighted by molar-refractivity contribution is 0.185. The molecule has 0 saturated heterocycles. The van der Waals surface area contributed by atoms with Gasteiger partial charge >= 0.3 is 0 Å². The minimum absolute atomic E-state index is 0.299. The van der Waals surface area contributed by atoms with Crippen molar-refractivity contribution in [1.82, 2.24) is 4.90 Å². The maximum absolute atomic E-state index is 2.81. The van der Waals surface area contributed by atoms with Gasteiger partial charge in [-0.1, -0.05) is 160 Å². The molecule has 46 heavy (non-hydrogen) atoms. The molecule has 2 aromatic carbocycles. The first-order chi connectivity index (χ1) is 22.5. The highest BCUT2D eigenvalue weighted by atomic mass is 15.2. The molecule has 0 bridgehead atoms. The Morgan fingerprint density at radius 3 is 2.07 bits per heavy atom. The van der Waals surface area contributed by atoms with Crippen molar-refractivity contribution < 1.29 is 0 Å². The van der Waals surface area contributed by atoms with Gasteiger partial charge in [0, 0.05) is 17.7 Å². The van der Waals surface area contributed by atoms with Crippen LogP contribution in [0.2, 0.25) is 0 Å². The topological polar surface area (TPSA) is 3.24 Å². The normalized spacial score (nSPS) is 22.4. The second-order valence-electron chi connectivity index (χ2n) is 13.2. The Kier molecular flexibility index (Phi) is 17.8. The summed E-state index contributed by atoms with van der Waals surface area (Å²) < 4.78 is 0. The van der Waals surface area contributed by atoms with Gasteiger partial charge in [0.15, 0.2) is 0 Å². The van der Waals surface area contributed by atoms with Gasteiger partial charge in [0.05, 0.1) is 6.04 Å². The number of allylic oxidation sites excluding steroid dienone is 2. The van der Waals surface area contributed by atoms with Crippen LogP contribution in [0.3, 0.4) is 0 Å². The molecule has 1 aliphatic heterocycles. The van der Waals surface area contributed by atoms with Gasteiger partial charge in [-0.05, 0) is 98.5 Å². The summed E-state index contributed by atoms with van der Waals surface area (Å²) in [7, 11) is 0. The van der Waals surface area contributed by atoms with E-state index < -0.39 is 0 Å². The monoisotopic (exact) mass is 626 g/mol. The van der Waals surface area contributed by atoms with Crippen LogP contribution in [0.25, 0.3) is 6.08 Å². The second-order valence-corrected chi connectivity index (χ2v) is 13.2. The molecule has 0 aromatic heterocycles. The smallest absolute Gasteiger partial charge is 0.0570 e. The molecule has 2 saturated carbocycles. The second kappa shape index (κ2) is 20.6. The highest BCUT2D eigenvalue weighted by Gasteiger charge is 2.48. The number of aryl methyl sites for hydroxylation is 2. The van der Waals surface area contributed by atoms with Crippen molar-refractivity contribution in [2.45, 2.75) is 152 Å².